The molecule has 0 aliphatic heterocycles. The fourth-order valence-corrected chi connectivity index (χ4v) is 3.36. The Hall–Kier alpha value is -4.07. The first kappa shape index (κ1) is 22.1. The maximum absolute atomic E-state index is 13.0. The highest BCUT2D eigenvalue weighted by Crippen LogP contribution is 2.22. The van der Waals surface area contributed by atoms with Gasteiger partial charge >= 0.3 is 6.01 Å². The predicted octanol–water partition coefficient (Wildman–Crippen LogP) is 3.89. The molecule has 4 rings (SSSR count). The minimum absolute atomic E-state index is 0.248. The molecule has 0 spiro atoms. The highest BCUT2D eigenvalue weighted by Gasteiger charge is 2.09. The number of halogens is 1. The topological polar surface area (TPSA) is 79.1 Å². The van der Waals surface area contributed by atoms with Crippen LogP contribution in [-0.4, -0.2) is 26.6 Å². The molecule has 0 radical (unpaired) electrons. The summed E-state index contributed by atoms with van der Waals surface area (Å²) >= 11 is 0. The van der Waals surface area contributed by atoms with Crippen molar-refractivity contribution in [2.75, 3.05) is 7.11 Å². The zero-order chi connectivity index (χ0) is 23.2. The standard InChI is InChI=1S/C25H23FN4O3/c1-30-16-19(13-18-14-27-25(32-2)28-15-18)24(31)29-23(30)12-5-17-3-8-21(9-4-17)33-22-10-6-20(26)7-11-22/h3-4,6-11,14-16H,5,12-13H2,1-2H3. The molecule has 33 heavy (non-hydrogen) atoms. The van der Waals surface area contributed by atoms with Gasteiger partial charge in [-0.2, -0.15) is 4.98 Å². The van der Waals surface area contributed by atoms with Crippen molar-refractivity contribution in [1.82, 2.24) is 19.5 Å². The molecule has 0 amide bonds. The maximum atomic E-state index is 13.0. The van der Waals surface area contributed by atoms with E-state index in [1.165, 1.54) is 19.2 Å². The number of ether oxygens (including phenoxy) is 2. The minimum Gasteiger partial charge on any atom is -0.467 e. The van der Waals surface area contributed by atoms with Crippen LogP contribution in [0.25, 0.3) is 0 Å². The molecule has 8 heteroatoms. The van der Waals surface area contributed by atoms with Crippen LogP contribution in [0.3, 0.4) is 0 Å². The molecule has 168 valence electrons. The summed E-state index contributed by atoms with van der Waals surface area (Å²) in [6.45, 7) is 0. The van der Waals surface area contributed by atoms with Crippen molar-refractivity contribution in [3.05, 3.63) is 106 Å². The van der Waals surface area contributed by atoms with Crippen molar-refractivity contribution in [2.45, 2.75) is 19.3 Å². The van der Waals surface area contributed by atoms with E-state index in [1.807, 2.05) is 42.1 Å². The summed E-state index contributed by atoms with van der Waals surface area (Å²) in [4.78, 5) is 25.0. The number of hydrogen-bond donors (Lipinski definition) is 0. The molecule has 0 atom stereocenters. The van der Waals surface area contributed by atoms with Crippen LogP contribution in [0.1, 0.15) is 22.5 Å². The second-order valence-electron chi connectivity index (χ2n) is 7.55. The maximum Gasteiger partial charge on any atom is 0.316 e. The number of nitrogens with zero attached hydrogens (tertiary/aromatic N) is 4. The summed E-state index contributed by atoms with van der Waals surface area (Å²) in [5, 5.41) is 0. The Bertz CT molecular complexity index is 1270. The van der Waals surface area contributed by atoms with Gasteiger partial charge in [0.05, 0.1) is 7.11 Å². The SMILES string of the molecule is COc1ncc(Cc2cn(C)c(CCc3ccc(Oc4ccc(F)cc4)cc3)nc2=O)cn1. The van der Waals surface area contributed by atoms with Crippen molar-refractivity contribution in [2.24, 2.45) is 7.05 Å². The second-order valence-corrected chi connectivity index (χ2v) is 7.55. The molecule has 7 nitrogen and oxygen atoms in total. The van der Waals surface area contributed by atoms with Gasteiger partial charge in [-0.3, -0.25) is 4.79 Å². The van der Waals surface area contributed by atoms with Crippen molar-refractivity contribution in [3.63, 3.8) is 0 Å². The van der Waals surface area contributed by atoms with Crippen LogP contribution in [0, 0.1) is 5.82 Å². The highest BCUT2D eigenvalue weighted by molar-refractivity contribution is 5.33. The van der Waals surface area contributed by atoms with Gasteiger partial charge in [-0.25, -0.2) is 14.4 Å². The Morgan fingerprint density at radius 2 is 1.55 bits per heavy atom. The van der Waals surface area contributed by atoms with Crippen LogP contribution in [0.2, 0.25) is 0 Å². The van der Waals surface area contributed by atoms with Crippen molar-refractivity contribution >= 4 is 0 Å². The summed E-state index contributed by atoms with van der Waals surface area (Å²) in [6.07, 6.45) is 6.85. The molecular weight excluding hydrogens is 423 g/mol. The van der Waals surface area contributed by atoms with Crippen molar-refractivity contribution < 1.29 is 13.9 Å². The molecule has 0 unspecified atom stereocenters. The van der Waals surface area contributed by atoms with E-state index in [4.69, 9.17) is 9.47 Å². The summed E-state index contributed by atoms with van der Waals surface area (Å²) in [6, 6.07) is 13.8. The van der Waals surface area contributed by atoms with Crippen LogP contribution >= 0.6 is 0 Å². The monoisotopic (exact) mass is 446 g/mol. The Labute approximate surface area is 190 Å². The third-order valence-electron chi connectivity index (χ3n) is 5.13. The molecular formula is C25H23FN4O3. The Balaban J connectivity index is 1.38. The average Bonchev–Trinajstić information content (AvgIpc) is 2.83. The molecule has 2 aromatic carbocycles. The number of rotatable bonds is 8. The molecule has 0 saturated heterocycles. The lowest BCUT2D eigenvalue weighted by molar-refractivity contribution is 0.379. The first-order valence-corrected chi connectivity index (χ1v) is 10.4. The molecule has 0 N–H and O–H groups in total. The lowest BCUT2D eigenvalue weighted by Gasteiger charge is -2.10. The molecule has 0 saturated carbocycles. The van der Waals surface area contributed by atoms with E-state index in [-0.39, 0.29) is 17.4 Å². The van der Waals surface area contributed by atoms with Gasteiger partial charge in [0.15, 0.2) is 0 Å². The minimum atomic E-state index is -0.302. The normalized spacial score (nSPS) is 10.8. The third kappa shape index (κ3) is 5.79. The van der Waals surface area contributed by atoms with E-state index >= 15 is 0 Å². The van der Waals surface area contributed by atoms with Crippen LogP contribution in [0.15, 0.2) is 71.9 Å². The molecule has 0 aliphatic carbocycles. The van der Waals surface area contributed by atoms with E-state index < -0.39 is 0 Å². The molecule has 2 heterocycles. The Kier molecular flexibility index (Phi) is 6.73. The van der Waals surface area contributed by atoms with Gasteiger partial charge in [0.1, 0.15) is 23.1 Å². The third-order valence-corrected chi connectivity index (χ3v) is 5.13. The van der Waals surface area contributed by atoms with Gasteiger partial charge in [0, 0.05) is 44.0 Å². The number of benzene rings is 2. The lowest BCUT2D eigenvalue weighted by Crippen LogP contribution is -2.21. The summed E-state index contributed by atoms with van der Waals surface area (Å²) < 4.78 is 25.6. The Morgan fingerprint density at radius 1 is 0.909 bits per heavy atom. The highest BCUT2D eigenvalue weighted by atomic mass is 19.1. The van der Waals surface area contributed by atoms with Crippen LogP contribution in [0.4, 0.5) is 4.39 Å². The predicted molar refractivity (Wildman–Crippen MR) is 121 cm³/mol. The van der Waals surface area contributed by atoms with E-state index in [9.17, 15) is 9.18 Å². The van der Waals surface area contributed by atoms with Crippen LogP contribution < -0.4 is 15.0 Å². The van der Waals surface area contributed by atoms with Gasteiger partial charge in [-0.1, -0.05) is 12.1 Å². The van der Waals surface area contributed by atoms with Gasteiger partial charge < -0.3 is 14.0 Å². The number of aromatic nitrogens is 4. The van der Waals surface area contributed by atoms with E-state index in [2.05, 4.69) is 15.0 Å². The van der Waals surface area contributed by atoms with Crippen molar-refractivity contribution in [3.8, 4) is 17.5 Å². The molecule has 2 aromatic heterocycles. The van der Waals surface area contributed by atoms with E-state index in [1.54, 1.807) is 24.5 Å². The van der Waals surface area contributed by atoms with Crippen molar-refractivity contribution in [1.29, 1.82) is 0 Å². The molecule has 0 fully saturated rings. The second kappa shape index (κ2) is 10.0. The van der Waals surface area contributed by atoms with E-state index in [0.29, 0.717) is 35.7 Å². The molecule has 0 aliphatic rings. The van der Waals surface area contributed by atoms with Gasteiger partial charge in [0.25, 0.3) is 5.56 Å². The Morgan fingerprint density at radius 3 is 2.18 bits per heavy atom. The smallest absolute Gasteiger partial charge is 0.316 e. The summed E-state index contributed by atoms with van der Waals surface area (Å²) in [5.41, 5.74) is 2.24. The fourth-order valence-electron chi connectivity index (χ4n) is 3.36. The molecule has 4 aromatic rings. The quantitative estimate of drug-likeness (QED) is 0.409. The summed E-state index contributed by atoms with van der Waals surface area (Å²) in [7, 11) is 3.39. The number of methoxy groups -OCH3 is 1. The summed E-state index contributed by atoms with van der Waals surface area (Å²) in [5.74, 6) is 1.65. The zero-order valence-corrected chi connectivity index (χ0v) is 18.4. The van der Waals surface area contributed by atoms with Gasteiger partial charge in [-0.15, -0.1) is 0 Å². The molecule has 0 bridgehead atoms. The lowest BCUT2D eigenvalue weighted by atomic mass is 10.1. The van der Waals surface area contributed by atoms with Crippen LogP contribution in [0.5, 0.6) is 17.5 Å². The van der Waals surface area contributed by atoms with Gasteiger partial charge in [-0.05, 0) is 53.9 Å². The first-order valence-electron chi connectivity index (χ1n) is 10.4. The number of aryl methyl sites for hydroxylation is 3. The zero-order valence-electron chi connectivity index (χ0n) is 18.4. The van der Waals surface area contributed by atoms with Crippen LogP contribution in [-0.2, 0) is 26.3 Å². The fraction of sp³-hybridized carbons (Fsp3) is 0.200. The van der Waals surface area contributed by atoms with Gasteiger partial charge in [0.2, 0.25) is 0 Å². The average molecular weight is 446 g/mol. The largest absolute Gasteiger partial charge is 0.467 e. The first-order chi connectivity index (χ1) is 16.0. The van der Waals surface area contributed by atoms with E-state index in [0.717, 1.165) is 17.5 Å². The number of hydrogen-bond acceptors (Lipinski definition) is 6.